The summed E-state index contributed by atoms with van der Waals surface area (Å²) in [7, 11) is 0.960. The molecule has 0 spiro atoms. The largest absolute Gasteiger partial charge is 0.465 e. The van der Waals surface area contributed by atoms with Crippen molar-refractivity contribution in [1.29, 1.82) is 0 Å². The van der Waals surface area contributed by atoms with Gasteiger partial charge in [0.05, 0.1) is 24.8 Å². The number of anilines is 1. The molecular formula is C13H12F3NO4. The van der Waals surface area contributed by atoms with Crippen molar-refractivity contribution >= 4 is 23.3 Å². The molecule has 0 heterocycles. The summed E-state index contributed by atoms with van der Waals surface area (Å²) in [6.45, 7) is 2.15. The molecule has 5 nitrogen and oxygen atoms in total. The molecule has 1 amide bonds. The fourth-order valence-electron chi connectivity index (χ4n) is 1.66. The number of halogens is 3. The summed E-state index contributed by atoms with van der Waals surface area (Å²) in [5, 5.41) is 1.89. The van der Waals surface area contributed by atoms with Crippen LogP contribution in [0.2, 0.25) is 0 Å². The molecule has 0 aliphatic rings. The van der Waals surface area contributed by atoms with E-state index in [4.69, 9.17) is 0 Å². The summed E-state index contributed by atoms with van der Waals surface area (Å²) in [6.07, 6.45) is -0.599. The van der Waals surface area contributed by atoms with Gasteiger partial charge in [0.15, 0.2) is 17.5 Å². The highest BCUT2D eigenvalue weighted by molar-refractivity contribution is 6.07. The van der Waals surface area contributed by atoms with Gasteiger partial charge in [0.2, 0.25) is 5.91 Å². The number of benzene rings is 1. The Morgan fingerprint density at radius 3 is 2.14 bits per heavy atom. The van der Waals surface area contributed by atoms with E-state index >= 15 is 0 Å². The first-order valence-electron chi connectivity index (χ1n) is 5.75. The molecule has 8 heteroatoms. The zero-order valence-corrected chi connectivity index (χ0v) is 11.5. The molecule has 114 valence electrons. The van der Waals surface area contributed by atoms with Crippen LogP contribution < -0.4 is 5.32 Å². The van der Waals surface area contributed by atoms with Crippen LogP contribution in [-0.4, -0.2) is 24.8 Å². The minimum absolute atomic E-state index is 0.515. The van der Waals surface area contributed by atoms with Crippen molar-refractivity contribution < 1.29 is 32.3 Å². The molecule has 1 aromatic carbocycles. The fraction of sp³-hybridized carbons (Fsp3) is 0.308. The van der Waals surface area contributed by atoms with Crippen LogP contribution in [0.1, 0.15) is 29.3 Å². The molecule has 0 atom stereocenters. The average Bonchev–Trinajstić information content (AvgIpc) is 2.41. The smallest absolute Gasteiger partial charge is 0.340 e. The predicted octanol–water partition coefficient (Wildman–Crippen LogP) is 2.12. The summed E-state index contributed by atoms with van der Waals surface area (Å²) in [5.74, 6) is -7.77. The van der Waals surface area contributed by atoms with E-state index in [9.17, 15) is 27.6 Å². The molecule has 0 saturated heterocycles. The zero-order chi connectivity index (χ0) is 16.3. The number of carbonyl (C=O) groups is 3. The van der Waals surface area contributed by atoms with E-state index in [-0.39, 0.29) is 0 Å². The molecule has 0 radical (unpaired) electrons. The summed E-state index contributed by atoms with van der Waals surface area (Å²) < 4.78 is 45.0. The van der Waals surface area contributed by atoms with Crippen LogP contribution in [-0.2, 0) is 14.3 Å². The maximum absolute atomic E-state index is 13.8. The second-order valence-corrected chi connectivity index (χ2v) is 4.24. The molecule has 0 saturated carbocycles. The van der Waals surface area contributed by atoms with Crippen LogP contribution in [0.15, 0.2) is 0 Å². The fourth-order valence-corrected chi connectivity index (χ4v) is 1.66. The van der Waals surface area contributed by atoms with Crippen molar-refractivity contribution in [2.75, 3.05) is 12.4 Å². The zero-order valence-electron chi connectivity index (χ0n) is 11.5. The lowest BCUT2D eigenvalue weighted by atomic mass is 10.0. The van der Waals surface area contributed by atoms with Gasteiger partial charge in [-0.2, -0.15) is 0 Å². The molecule has 1 aromatic rings. The second kappa shape index (κ2) is 6.38. The van der Waals surface area contributed by atoms with E-state index in [1.807, 2.05) is 5.32 Å². The van der Waals surface area contributed by atoms with Crippen LogP contribution in [0.3, 0.4) is 0 Å². The number of Topliss-reactive ketones (excluding diaryl/α,β-unsaturated/α-hetero) is 1. The SMILES string of the molecule is COC(=O)c1c(C)c(F)c(F)c(F)c1NC(=O)CC(C)=O. The number of esters is 1. The number of ketones is 1. The van der Waals surface area contributed by atoms with E-state index < -0.39 is 58.3 Å². The van der Waals surface area contributed by atoms with E-state index in [1.165, 1.54) is 0 Å². The molecule has 0 aliphatic heterocycles. The Labute approximate surface area is 118 Å². The van der Waals surface area contributed by atoms with Crippen molar-refractivity contribution in [3.8, 4) is 0 Å². The Balaban J connectivity index is 3.44. The minimum Gasteiger partial charge on any atom is -0.465 e. The van der Waals surface area contributed by atoms with Crippen LogP contribution >= 0.6 is 0 Å². The summed E-state index contributed by atoms with van der Waals surface area (Å²) >= 11 is 0. The molecular weight excluding hydrogens is 291 g/mol. The Morgan fingerprint density at radius 1 is 1.10 bits per heavy atom. The van der Waals surface area contributed by atoms with Crippen LogP contribution in [0, 0.1) is 24.4 Å². The molecule has 0 fully saturated rings. The Bertz CT molecular complexity index is 629. The monoisotopic (exact) mass is 303 g/mol. The highest BCUT2D eigenvalue weighted by Gasteiger charge is 2.28. The minimum atomic E-state index is -1.83. The molecule has 1 rings (SSSR count). The van der Waals surface area contributed by atoms with Crippen LogP contribution in [0.5, 0.6) is 0 Å². The number of ether oxygens (including phenoxy) is 1. The number of nitrogens with one attached hydrogen (secondary N) is 1. The van der Waals surface area contributed by atoms with E-state index in [2.05, 4.69) is 4.74 Å². The van der Waals surface area contributed by atoms with E-state index in [0.717, 1.165) is 21.0 Å². The molecule has 0 aromatic heterocycles. The third-order valence-corrected chi connectivity index (χ3v) is 2.62. The van der Waals surface area contributed by atoms with Gasteiger partial charge in [0.25, 0.3) is 0 Å². The summed E-state index contributed by atoms with van der Waals surface area (Å²) in [4.78, 5) is 33.9. The van der Waals surface area contributed by atoms with Crippen molar-refractivity contribution in [1.82, 2.24) is 0 Å². The maximum Gasteiger partial charge on any atom is 0.340 e. The Hall–Kier alpha value is -2.38. The van der Waals surface area contributed by atoms with Gasteiger partial charge in [0, 0.05) is 5.56 Å². The van der Waals surface area contributed by atoms with E-state index in [0.29, 0.717) is 0 Å². The van der Waals surface area contributed by atoms with Gasteiger partial charge < -0.3 is 10.1 Å². The predicted molar refractivity (Wildman–Crippen MR) is 66.3 cm³/mol. The molecule has 21 heavy (non-hydrogen) atoms. The quantitative estimate of drug-likeness (QED) is 0.525. The van der Waals surface area contributed by atoms with Gasteiger partial charge in [-0.25, -0.2) is 18.0 Å². The first-order chi connectivity index (χ1) is 9.70. The standard InChI is InChI=1S/C13H12F3NO4/c1-5(18)4-7(19)17-12-8(13(20)21-3)6(2)9(14)10(15)11(12)16/h4H2,1-3H3,(H,17,19). The lowest BCUT2D eigenvalue weighted by molar-refractivity contribution is -0.124. The van der Waals surface area contributed by atoms with Crippen LogP contribution in [0.4, 0.5) is 18.9 Å². The third-order valence-electron chi connectivity index (χ3n) is 2.62. The molecule has 0 aliphatic carbocycles. The lowest BCUT2D eigenvalue weighted by Crippen LogP contribution is -2.21. The van der Waals surface area contributed by atoms with Crippen molar-refractivity contribution in [2.24, 2.45) is 0 Å². The van der Waals surface area contributed by atoms with Crippen molar-refractivity contribution in [3.63, 3.8) is 0 Å². The number of rotatable bonds is 4. The number of hydrogen-bond acceptors (Lipinski definition) is 4. The number of hydrogen-bond donors (Lipinski definition) is 1. The summed E-state index contributed by atoms with van der Waals surface area (Å²) in [6, 6.07) is 0. The second-order valence-electron chi connectivity index (χ2n) is 4.24. The topological polar surface area (TPSA) is 72.5 Å². The Morgan fingerprint density at radius 2 is 1.67 bits per heavy atom. The van der Waals surface area contributed by atoms with Crippen molar-refractivity contribution in [3.05, 3.63) is 28.6 Å². The molecule has 0 bridgehead atoms. The molecule has 1 N–H and O–H groups in total. The molecule has 0 unspecified atom stereocenters. The van der Waals surface area contributed by atoms with Crippen molar-refractivity contribution in [2.45, 2.75) is 20.3 Å². The van der Waals surface area contributed by atoms with Gasteiger partial charge >= 0.3 is 5.97 Å². The first-order valence-corrected chi connectivity index (χ1v) is 5.75. The average molecular weight is 303 g/mol. The highest BCUT2D eigenvalue weighted by atomic mass is 19.2. The van der Waals surface area contributed by atoms with Gasteiger partial charge in [-0.05, 0) is 13.8 Å². The number of amides is 1. The maximum atomic E-state index is 13.8. The first kappa shape index (κ1) is 16.7. The summed E-state index contributed by atoms with van der Waals surface area (Å²) in [5.41, 5.74) is -2.02. The van der Waals surface area contributed by atoms with E-state index in [1.54, 1.807) is 0 Å². The van der Waals surface area contributed by atoms with Crippen LogP contribution in [0.25, 0.3) is 0 Å². The number of methoxy groups -OCH3 is 1. The Kier molecular flexibility index (Phi) is 5.07. The van der Waals surface area contributed by atoms with Gasteiger partial charge in [0.1, 0.15) is 5.78 Å². The highest BCUT2D eigenvalue weighted by Crippen LogP contribution is 2.29. The van der Waals surface area contributed by atoms with Gasteiger partial charge in [-0.1, -0.05) is 0 Å². The van der Waals surface area contributed by atoms with Gasteiger partial charge in [-0.15, -0.1) is 0 Å². The number of carbonyl (C=O) groups excluding carboxylic acids is 3. The van der Waals surface area contributed by atoms with Gasteiger partial charge in [-0.3, -0.25) is 9.59 Å². The third kappa shape index (κ3) is 3.39. The lowest BCUT2D eigenvalue weighted by Gasteiger charge is -2.14. The normalized spacial score (nSPS) is 10.2.